The Labute approximate surface area is 112 Å². The van der Waals surface area contributed by atoms with E-state index in [0.29, 0.717) is 0 Å². The summed E-state index contributed by atoms with van der Waals surface area (Å²) < 4.78 is 5.95. The Morgan fingerprint density at radius 1 is 1.11 bits per heavy atom. The molecule has 19 heavy (non-hydrogen) atoms. The van der Waals surface area contributed by atoms with Crippen LogP contribution >= 0.6 is 0 Å². The monoisotopic (exact) mass is 252 g/mol. The highest BCUT2D eigenvalue weighted by molar-refractivity contribution is 5.89. The zero-order valence-corrected chi connectivity index (χ0v) is 10.7. The Hall–Kier alpha value is -2.06. The van der Waals surface area contributed by atoms with Gasteiger partial charge in [0.05, 0.1) is 6.61 Å². The third-order valence-corrected chi connectivity index (χ3v) is 3.28. The normalized spacial score (nSPS) is 14.5. The maximum Gasteiger partial charge on any atom is 0.135 e. The molecule has 1 aliphatic carbocycles. The quantitative estimate of drug-likeness (QED) is 0.896. The van der Waals surface area contributed by atoms with Gasteiger partial charge in [0.2, 0.25) is 0 Å². The van der Waals surface area contributed by atoms with E-state index in [1.807, 2.05) is 42.5 Å². The number of aliphatic hydroxyl groups excluding tert-OH is 1. The molecule has 1 aliphatic rings. The summed E-state index contributed by atoms with van der Waals surface area (Å²) >= 11 is 0. The molecule has 0 atom stereocenters. The van der Waals surface area contributed by atoms with E-state index in [0.717, 1.165) is 40.7 Å². The number of fused-ring (bicyclic) bond motifs is 1. The van der Waals surface area contributed by atoms with Crippen LogP contribution in [0.5, 0.6) is 5.75 Å². The lowest BCUT2D eigenvalue weighted by Gasteiger charge is -2.12. The predicted molar refractivity (Wildman–Crippen MR) is 77.0 cm³/mol. The van der Waals surface area contributed by atoms with E-state index in [2.05, 4.69) is 12.2 Å². The average molecular weight is 252 g/mol. The lowest BCUT2D eigenvalue weighted by molar-refractivity contribution is 0.282. The van der Waals surface area contributed by atoms with Gasteiger partial charge in [0.1, 0.15) is 11.5 Å². The number of aliphatic hydroxyl groups is 1. The van der Waals surface area contributed by atoms with Crippen LogP contribution in [0.2, 0.25) is 0 Å². The lowest BCUT2D eigenvalue weighted by Crippen LogP contribution is -1.96. The molecule has 0 spiro atoms. The van der Waals surface area contributed by atoms with Gasteiger partial charge < -0.3 is 9.84 Å². The van der Waals surface area contributed by atoms with Crippen LogP contribution in [0.4, 0.5) is 0 Å². The minimum Gasteiger partial charge on any atom is -0.457 e. The van der Waals surface area contributed by atoms with Crippen LogP contribution in [-0.2, 0) is 6.61 Å². The third kappa shape index (κ3) is 2.54. The summed E-state index contributed by atoms with van der Waals surface area (Å²) in [7, 11) is 0. The highest BCUT2D eigenvalue weighted by atomic mass is 16.5. The van der Waals surface area contributed by atoms with Crippen molar-refractivity contribution in [1.82, 2.24) is 0 Å². The van der Waals surface area contributed by atoms with Gasteiger partial charge in [0.25, 0.3) is 0 Å². The van der Waals surface area contributed by atoms with Crippen LogP contribution in [0, 0.1) is 0 Å². The molecule has 0 amide bonds. The van der Waals surface area contributed by atoms with Crippen LogP contribution in [0.25, 0.3) is 10.8 Å². The fourth-order valence-electron chi connectivity index (χ4n) is 2.28. The van der Waals surface area contributed by atoms with Gasteiger partial charge in [-0.2, -0.15) is 0 Å². The number of hydrogen-bond donors (Lipinski definition) is 1. The van der Waals surface area contributed by atoms with E-state index in [9.17, 15) is 5.11 Å². The van der Waals surface area contributed by atoms with E-state index >= 15 is 0 Å². The summed E-state index contributed by atoms with van der Waals surface area (Å²) in [6.45, 7) is 0.0644. The highest BCUT2D eigenvalue weighted by Gasteiger charge is 2.05. The van der Waals surface area contributed by atoms with E-state index in [1.54, 1.807) is 0 Å². The lowest BCUT2D eigenvalue weighted by atomic mass is 10.1. The van der Waals surface area contributed by atoms with Crippen molar-refractivity contribution < 1.29 is 9.84 Å². The van der Waals surface area contributed by atoms with Gasteiger partial charge in [-0.1, -0.05) is 30.3 Å². The molecule has 2 aromatic rings. The second-order valence-corrected chi connectivity index (χ2v) is 4.66. The Kier molecular flexibility index (Phi) is 3.34. The largest absolute Gasteiger partial charge is 0.457 e. The molecule has 0 fully saturated rings. The zero-order chi connectivity index (χ0) is 13.1. The van der Waals surface area contributed by atoms with Gasteiger partial charge in [-0.3, -0.25) is 0 Å². The van der Waals surface area contributed by atoms with Crippen LogP contribution < -0.4 is 4.74 Å². The summed E-state index contributed by atoms with van der Waals surface area (Å²) in [6.07, 6.45) is 8.38. The number of benzene rings is 2. The minimum atomic E-state index is 0.0644. The molecule has 2 nitrogen and oxygen atoms in total. The van der Waals surface area contributed by atoms with Gasteiger partial charge in [0, 0.05) is 5.39 Å². The molecule has 0 saturated carbocycles. The molecule has 2 heteroatoms. The highest BCUT2D eigenvalue weighted by Crippen LogP contribution is 2.28. The fraction of sp³-hybridized carbons (Fsp3) is 0.176. The zero-order valence-electron chi connectivity index (χ0n) is 10.7. The van der Waals surface area contributed by atoms with Gasteiger partial charge >= 0.3 is 0 Å². The first-order valence-electron chi connectivity index (χ1n) is 6.54. The van der Waals surface area contributed by atoms with Gasteiger partial charge in [-0.25, -0.2) is 0 Å². The van der Waals surface area contributed by atoms with Crippen LogP contribution in [0.1, 0.15) is 18.4 Å². The molecule has 96 valence electrons. The first-order valence-corrected chi connectivity index (χ1v) is 6.54. The van der Waals surface area contributed by atoms with Crippen molar-refractivity contribution in [1.29, 1.82) is 0 Å². The second-order valence-electron chi connectivity index (χ2n) is 4.66. The first-order chi connectivity index (χ1) is 9.36. The number of ether oxygens (including phenoxy) is 1. The van der Waals surface area contributed by atoms with Gasteiger partial charge in [-0.05, 0) is 48.1 Å². The fourth-order valence-corrected chi connectivity index (χ4v) is 2.28. The third-order valence-electron chi connectivity index (χ3n) is 3.28. The minimum absolute atomic E-state index is 0.0644. The summed E-state index contributed by atoms with van der Waals surface area (Å²) in [4.78, 5) is 0. The molecule has 0 heterocycles. The topological polar surface area (TPSA) is 29.5 Å². The molecule has 0 radical (unpaired) electrons. The maximum absolute atomic E-state index is 9.18. The SMILES string of the molecule is OCc1ccc2c(OC3=CCCC=C3)cccc2c1. The van der Waals surface area contributed by atoms with Crippen LogP contribution in [0.3, 0.4) is 0 Å². The van der Waals surface area contributed by atoms with E-state index in [-0.39, 0.29) is 6.61 Å². The molecule has 0 unspecified atom stereocenters. The average Bonchev–Trinajstić information content (AvgIpc) is 2.48. The van der Waals surface area contributed by atoms with E-state index in [4.69, 9.17) is 4.74 Å². The second kappa shape index (κ2) is 5.29. The molecular formula is C17H16O2. The Balaban J connectivity index is 1.99. The predicted octanol–water partition coefficient (Wildman–Crippen LogP) is 3.94. The van der Waals surface area contributed by atoms with Crippen LogP contribution in [-0.4, -0.2) is 5.11 Å². The maximum atomic E-state index is 9.18. The van der Waals surface area contributed by atoms with Crippen molar-refractivity contribution in [3.05, 3.63) is 65.9 Å². The molecule has 3 rings (SSSR count). The standard InChI is InChI=1S/C17H16O2/c18-12-13-9-10-16-14(11-13)5-4-8-17(16)19-15-6-2-1-3-7-15/h2,4-11,18H,1,3,12H2. The van der Waals surface area contributed by atoms with Crippen molar-refractivity contribution in [3.8, 4) is 5.75 Å². The van der Waals surface area contributed by atoms with E-state index in [1.165, 1.54) is 0 Å². The van der Waals surface area contributed by atoms with Gasteiger partial charge in [0.15, 0.2) is 0 Å². The number of hydrogen-bond acceptors (Lipinski definition) is 2. The van der Waals surface area contributed by atoms with Crippen molar-refractivity contribution in [2.45, 2.75) is 19.4 Å². The Bertz CT molecular complexity index is 653. The van der Waals surface area contributed by atoms with Crippen molar-refractivity contribution >= 4 is 10.8 Å². The number of allylic oxidation sites excluding steroid dienone is 3. The Morgan fingerprint density at radius 2 is 2.05 bits per heavy atom. The summed E-state index contributed by atoms with van der Waals surface area (Å²) in [5.41, 5.74) is 0.918. The van der Waals surface area contributed by atoms with E-state index < -0.39 is 0 Å². The van der Waals surface area contributed by atoms with Crippen LogP contribution in [0.15, 0.2) is 60.4 Å². The van der Waals surface area contributed by atoms with Crippen molar-refractivity contribution in [2.75, 3.05) is 0 Å². The van der Waals surface area contributed by atoms with Gasteiger partial charge in [-0.15, -0.1) is 0 Å². The molecule has 1 N–H and O–H groups in total. The molecule has 2 aromatic carbocycles. The summed E-state index contributed by atoms with van der Waals surface area (Å²) in [6, 6.07) is 11.9. The first kappa shape index (κ1) is 12.0. The smallest absolute Gasteiger partial charge is 0.135 e. The molecule has 0 bridgehead atoms. The summed E-state index contributed by atoms with van der Waals surface area (Å²) in [5, 5.41) is 11.3. The summed E-state index contributed by atoms with van der Waals surface area (Å²) in [5.74, 6) is 1.77. The molecule has 0 aromatic heterocycles. The molecule has 0 aliphatic heterocycles. The molecule has 0 saturated heterocycles. The molecular weight excluding hydrogens is 236 g/mol. The van der Waals surface area contributed by atoms with Crippen molar-refractivity contribution in [2.24, 2.45) is 0 Å². The number of rotatable bonds is 3. The van der Waals surface area contributed by atoms with Crippen molar-refractivity contribution in [3.63, 3.8) is 0 Å². The Morgan fingerprint density at radius 3 is 2.84 bits per heavy atom.